The fraction of sp³-hybridized carbons (Fsp3) is 0.909. The van der Waals surface area contributed by atoms with Gasteiger partial charge in [0.05, 0.1) is 7.11 Å². The average molecular weight is 215 g/mol. The van der Waals surface area contributed by atoms with Gasteiger partial charge in [0, 0.05) is 25.7 Å². The van der Waals surface area contributed by atoms with E-state index in [0.717, 1.165) is 32.5 Å². The fourth-order valence-electron chi connectivity index (χ4n) is 2.11. The Morgan fingerprint density at radius 1 is 1.53 bits per heavy atom. The van der Waals surface area contributed by atoms with Crippen molar-refractivity contribution in [3.63, 3.8) is 0 Å². The van der Waals surface area contributed by atoms with Gasteiger partial charge < -0.3 is 14.8 Å². The molecule has 1 N–H and O–H groups in total. The molecule has 1 saturated heterocycles. The summed E-state index contributed by atoms with van der Waals surface area (Å²) in [5.74, 6) is 0.510. The quantitative estimate of drug-likeness (QED) is 0.694. The van der Waals surface area contributed by atoms with Crippen LogP contribution in [0.4, 0.5) is 0 Å². The van der Waals surface area contributed by atoms with E-state index in [2.05, 4.69) is 10.1 Å². The van der Waals surface area contributed by atoms with E-state index in [0.29, 0.717) is 18.4 Å². The molecule has 0 aliphatic carbocycles. The third-order valence-electron chi connectivity index (χ3n) is 3.09. The van der Waals surface area contributed by atoms with Crippen LogP contribution in [0.15, 0.2) is 0 Å². The van der Waals surface area contributed by atoms with Crippen LogP contribution in [0.3, 0.4) is 0 Å². The molecule has 0 aromatic rings. The van der Waals surface area contributed by atoms with Gasteiger partial charge in [0.15, 0.2) is 0 Å². The average Bonchev–Trinajstić information content (AvgIpc) is 2.31. The molecule has 1 atom stereocenters. The van der Waals surface area contributed by atoms with Gasteiger partial charge in [-0.2, -0.15) is 0 Å². The predicted octanol–water partition coefficient (Wildman–Crippen LogP) is 0.954. The predicted molar refractivity (Wildman–Crippen MR) is 57.6 cm³/mol. The van der Waals surface area contributed by atoms with E-state index < -0.39 is 0 Å². The lowest BCUT2D eigenvalue weighted by molar-refractivity contribution is -0.140. The van der Waals surface area contributed by atoms with Crippen molar-refractivity contribution in [3.8, 4) is 0 Å². The molecule has 1 aliphatic rings. The Morgan fingerprint density at radius 3 is 2.73 bits per heavy atom. The Labute approximate surface area is 91.3 Å². The smallest absolute Gasteiger partial charge is 0.305 e. The number of carbonyl (C=O) groups is 1. The standard InChI is InChI=1S/C11H21NO3/c1-12-10(3-4-11(13)14-2)9-5-7-15-8-6-9/h9-10,12H,3-8H2,1-2H3. The summed E-state index contributed by atoms with van der Waals surface area (Å²) in [6, 6.07) is 0.410. The maximum atomic E-state index is 11.0. The van der Waals surface area contributed by atoms with Crippen molar-refractivity contribution in [2.75, 3.05) is 27.4 Å². The van der Waals surface area contributed by atoms with E-state index in [-0.39, 0.29) is 5.97 Å². The summed E-state index contributed by atoms with van der Waals surface area (Å²) >= 11 is 0. The molecular formula is C11H21NO3. The van der Waals surface area contributed by atoms with Crippen LogP contribution >= 0.6 is 0 Å². The topological polar surface area (TPSA) is 47.6 Å². The van der Waals surface area contributed by atoms with Crippen molar-refractivity contribution in [1.29, 1.82) is 0 Å². The second kappa shape index (κ2) is 6.80. The van der Waals surface area contributed by atoms with Crippen LogP contribution in [-0.4, -0.2) is 39.4 Å². The Bertz CT molecular complexity index is 190. The number of hydrogen-bond donors (Lipinski definition) is 1. The van der Waals surface area contributed by atoms with Crippen LogP contribution in [0.1, 0.15) is 25.7 Å². The first kappa shape index (κ1) is 12.5. The van der Waals surface area contributed by atoms with E-state index in [9.17, 15) is 4.79 Å². The first-order valence-electron chi connectivity index (χ1n) is 5.59. The molecule has 1 aliphatic heterocycles. The van der Waals surface area contributed by atoms with Gasteiger partial charge in [-0.1, -0.05) is 0 Å². The fourth-order valence-corrected chi connectivity index (χ4v) is 2.11. The maximum absolute atomic E-state index is 11.0. The van der Waals surface area contributed by atoms with Gasteiger partial charge in [0.2, 0.25) is 0 Å². The summed E-state index contributed by atoms with van der Waals surface area (Å²) in [7, 11) is 3.39. The summed E-state index contributed by atoms with van der Waals surface area (Å²) in [6.07, 6.45) is 3.53. The molecule has 0 bridgehead atoms. The third kappa shape index (κ3) is 4.18. The van der Waals surface area contributed by atoms with Gasteiger partial charge in [-0.05, 0) is 32.2 Å². The van der Waals surface area contributed by atoms with E-state index in [1.807, 2.05) is 7.05 Å². The van der Waals surface area contributed by atoms with E-state index in [1.54, 1.807) is 0 Å². The molecule has 15 heavy (non-hydrogen) atoms. The lowest BCUT2D eigenvalue weighted by atomic mass is 9.89. The van der Waals surface area contributed by atoms with Crippen LogP contribution in [-0.2, 0) is 14.3 Å². The van der Waals surface area contributed by atoms with Crippen LogP contribution < -0.4 is 5.32 Å². The summed E-state index contributed by atoms with van der Waals surface area (Å²) in [5.41, 5.74) is 0. The molecule has 4 nitrogen and oxygen atoms in total. The SMILES string of the molecule is CNC(CCC(=O)OC)C1CCOCC1. The highest BCUT2D eigenvalue weighted by Crippen LogP contribution is 2.21. The van der Waals surface area contributed by atoms with Crippen molar-refractivity contribution in [1.82, 2.24) is 5.32 Å². The monoisotopic (exact) mass is 215 g/mol. The molecule has 4 heteroatoms. The second-order valence-electron chi connectivity index (χ2n) is 3.96. The van der Waals surface area contributed by atoms with Crippen molar-refractivity contribution in [2.24, 2.45) is 5.92 Å². The van der Waals surface area contributed by atoms with Gasteiger partial charge >= 0.3 is 5.97 Å². The van der Waals surface area contributed by atoms with Gasteiger partial charge in [-0.25, -0.2) is 0 Å². The van der Waals surface area contributed by atoms with Gasteiger partial charge in [-0.3, -0.25) is 4.79 Å². The number of ether oxygens (including phenoxy) is 2. The zero-order chi connectivity index (χ0) is 11.1. The number of hydrogen-bond acceptors (Lipinski definition) is 4. The van der Waals surface area contributed by atoms with E-state index >= 15 is 0 Å². The van der Waals surface area contributed by atoms with Crippen molar-refractivity contribution < 1.29 is 14.3 Å². The van der Waals surface area contributed by atoms with Crippen LogP contribution in [0.2, 0.25) is 0 Å². The Morgan fingerprint density at radius 2 is 2.20 bits per heavy atom. The summed E-state index contributed by atoms with van der Waals surface area (Å²) in [6.45, 7) is 1.70. The van der Waals surface area contributed by atoms with Crippen molar-refractivity contribution >= 4 is 5.97 Å². The Balaban J connectivity index is 2.30. The largest absolute Gasteiger partial charge is 0.469 e. The maximum Gasteiger partial charge on any atom is 0.305 e. The molecule has 1 unspecified atom stereocenters. The minimum atomic E-state index is -0.123. The first-order chi connectivity index (χ1) is 7.27. The normalized spacial score (nSPS) is 19.9. The molecule has 0 radical (unpaired) electrons. The number of nitrogens with one attached hydrogen (secondary N) is 1. The third-order valence-corrected chi connectivity index (χ3v) is 3.09. The van der Waals surface area contributed by atoms with Gasteiger partial charge in [0.25, 0.3) is 0 Å². The van der Waals surface area contributed by atoms with Crippen molar-refractivity contribution in [2.45, 2.75) is 31.7 Å². The Kier molecular flexibility index (Phi) is 5.65. The minimum Gasteiger partial charge on any atom is -0.469 e. The second-order valence-corrected chi connectivity index (χ2v) is 3.96. The molecular weight excluding hydrogens is 194 g/mol. The number of esters is 1. The van der Waals surface area contributed by atoms with Crippen LogP contribution in [0.25, 0.3) is 0 Å². The molecule has 0 aromatic carbocycles. The molecule has 0 amide bonds. The van der Waals surface area contributed by atoms with Gasteiger partial charge in [-0.15, -0.1) is 0 Å². The molecule has 0 aromatic heterocycles. The highest BCUT2D eigenvalue weighted by atomic mass is 16.5. The highest BCUT2D eigenvalue weighted by molar-refractivity contribution is 5.69. The lowest BCUT2D eigenvalue weighted by Gasteiger charge is -2.29. The van der Waals surface area contributed by atoms with Crippen LogP contribution in [0.5, 0.6) is 0 Å². The first-order valence-corrected chi connectivity index (χ1v) is 5.59. The highest BCUT2D eigenvalue weighted by Gasteiger charge is 2.23. The molecule has 88 valence electrons. The van der Waals surface area contributed by atoms with Crippen molar-refractivity contribution in [3.05, 3.63) is 0 Å². The minimum absolute atomic E-state index is 0.123. The zero-order valence-electron chi connectivity index (χ0n) is 9.62. The Hall–Kier alpha value is -0.610. The lowest BCUT2D eigenvalue weighted by Crippen LogP contribution is -2.37. The molecule has 0 saturated carbocycles. The van der Waals surface area contributed by atoms with Gasteiger partial charge in [0.1, 0.15) is 0 Å². The van der Waals surface area contributed by atoms with E-state index in [4.69, 9.17) is 4.74 Å². The zero-order valence-corrected chi connectivity index (χ0v) is 9.62. The summed E-state index contributed by atoms with van der Waals surface area (Å²) in [5, 5.41) is 3.29. The number of rotatable bonds is 5. The molecule has 1 rings (SSSR count). The summed E-state index contributed by atoms with van der Waals surface area (Å²) < 4.78 is 9.96. The summed E-state index contributed by atoms with van der Waals surface area (Å²) in [4.78, 5) is 11.0. The molecule has 1 heterocycles. The number of methoxy groups -OCH3 is 1. The molecule has 0 spiro atoms. The van der Waals surface area contributed by atoms with Crippen LogP contribution in [0, 0.1) is 5.92 Å². The van der Waals surface area contributed by atoms with E-state index in [1.165, 1.54) is 7.11 Å². The number of carbonyl (C=O) groups excluding carboxylic acids is 1. The molecule has 1 fully saturated rings.